The predicted molar refractivity (Wildman–Crippen MR) is 99.2 cm³/mol. The van der Waals surface area contributed by atoms with Crippen LogP contribution in [0.25, 0.3) is 11.6 Å². The second-order valence-corrected chi connectivity index (χ2v) is 6.83. The van der Waals surface area contributed by atoms with Gasteiger partial charge in [0, 0.05) is 17.5 Å². The first-order chi connectivity index (χ1) is 13.1. The molecule has 0 N–H and O–H groups in total. The quantitative estimate of drug-likeness (QED) is 0.316. The van der Waals surface area contributed by atoms with Gasteiger partial charge in [-0.25, -0.2) is 0 Å². The summed E-state index contributed by atoms with van der Waals surface area (Å²) in [5, 5.41) is 29.3. The molecule has 2 aromatic heterocycles. The Labute approximate surface area is 160 Å². The molecule has 1 aromatic carbocycles. The maximum absolute atomic E-state index is 11.2. The molecule has 0 aliphatic rings. The Morgan fingerprint density at radius 3 is 2.85 bits per heavy atom. The Morgan fingerprint density at radius 1 is 1.33 bits per heavy atom. The van der Waals surface area contributed by atoms with Gasteiger partial charge in [-0.1, -0.05) is 19.8 Å². The van der Waals surface area contributed by atoms with Crippen LogP contribution >= 0.6 is 11.8 Å². The van der Waals surface area contributed by atoms with Gasteiger partial charge >= 0.3 is 0 Å². The van der Waals surface area contributed by atoms with Crippen molar-refractivity contribution >= 4 is 17.4 Å². The van der Waals surface area contributed by atoms with Crippen molar-refractivity contribution in [2.45, 2.75) is 42.8 Å². The first kappa shape index (κ1) is 18.7. The van der Waals surface area contributed by atoms with Gasteiger partial charge in [-0.05, 0) is 42.4 Å². The molecule has 0 atom stereocenters. The number of nitro groups is 1. The zero-order valence-corrected chi connectivity index (χ0v) is 15.5. The summed E-state index contributed by atoms with van der Waals surface area (Å²) in [4.78, 5) is 11.3. The number of aromatic nitrogens is 3. The molecule has 0 saturated carbocycles. The van der Waals surface area contributed by atoms with Crippen molar-refractivity contribution in [1.29, 1.82) is 5.26 Å². The molecular formula is C18H17N5O3S. The van der Waals surface area contributed by atoms with Crippen LogP contribution in [0.4, 0.5) is 5.69 Å². The number of furan rings is 1. The van der Waals surface area contributed by atoms with Crippen molar-refractivity contribution in [2.75, 3.05) is 0 Å². The SMILES string of the molecule is CCCCCn1c(Sc2ccc(C#N)c([N+](=O)[O-])c2)nnc1-c1ccco1. The highest BCUT2D eigenvalue weighted by atomic mass is 32.2. The molecule has 0 radical (unpaired) electrons. The number of nitriles is 1. The molecular weight excluding hydrogens is 366 g/mol. The van der Waals surface area contributed by atoms with Gasteiger partial charge < -0.3 is 4.42 Å². The molecule has 138 valence electrons. The summed E-state index contributed by atoms with van der Waals surface area (Å²) in [6.07, 6.45) is 4.70. The van der Waals surface area contributed by atoms with Crippen LogP contribution in [-0.4, -0.2) is 19.7 Å². The Bertz CT molecular complexity index is 976. The molecule has 0 spiro atoms. The van der Waals surface area contributed by atoms with Crippen molar-refractivity contribution in [3.05, 3.63) is 52.3 Å². The average Bonchev–Trinajstić information content (AvgIpc) is 3.32. The number of nitro benzene ring substituents is 1. The minimum atomic E-state index is -0.553. The third-order valence-corrected chi connectivity index (χ3v) is 4.91. The first-order valence-electron chi connectivity index (χ1n) is 8.47. The third kappa shape index (κ3) is 4.17. The molecule has 0 aliphatic heterocycles. The fourth-order valence-corrected chi connectivity index (χ4v) is 3.49. The number of hydrogen-bond acceptors (Lipinski definition) is 7. The van der Waals surface area contributed by atoms with Crippen LogP contribution in [0.1, 0.15) is 31.7 Å². The largest absolute Gasteiger partial charge is 0.461 e. The van der Waals surface area contributed by atoms with E-state index in [-0.39, 0.29) is 11.3 Å². The van der Waals surface area contributed by atoms with Crippen LogP contribution in [0.15, 0.2) is 51.1 Å². The van der Waals surface area contributed by atoms with Crippen LogP contribution < -0.4 is 0 Å². The molecule has 0 fully saturated rings. The topological polar surface area (TPSA) is 111 Å². The number of benzene rings is 1. The van der Waals surface area contributed by atoms with Crippen LogP contribution in [0, 0.1) is 21.4 Å². The Balaban J connectivity index is 1.94. The van der Waals surface area contributed by atoms with E-state index in [9.17, 15) is 10.1 Å². The Hall–Kier alpha value is -3.12. The van der Waals surface area contributed by atoms with Gasteiger partial charge in [0.1, 0.15) is 11.6 Å². The van der Waals surface area contributed by atoms with Crippen molar-refractivity contribution < 1.29 is 9.34 Å². The summed E-state index contributed by atoms with van der Waals surface area (Å²) >= 11 is 1.27. The lowest BCUT2D eigenvalue weighted by atomic mass is 10.2. The molecule has 3 aromatic rings. The summed E-state index contributed by atoms with van der Waals surface area (Å²) in [5.41, 5.74) is -0.184. The molecule has 3 rings (SSSR count). The van der Waals surface area contributed by atoms with Gasteiger partial charge in [0.05, 0.1) is 11.2 Å². The minimum absolute atomic E-state index is 0.0324. The highest BCUT2D eigenvalue weighted by Gasteiger charge is 2.19. The lowest BCUT2D eigenvalue weighted by Crippen LogP contribution is -2.02. The summed E-state index contributed by atoms with van der Waals surface area (Å²) in [7, 11) is 0. The fraction of sp³-hybridized carbons (Fsp3) is 0.278. The van der Waals surface area contributed by atoms with E-state index in [1.807, 2.05) is 16.7 Å². The predicted octanol–water partition coefficient (Wildman–Crippen LogP) is 4.66. The van der Waals surface area contributed by atoms with Gasteiger partial charge in [0.25, 0.3) is 5.69 Å². The normalized spacial score (nSPS) is 10.7. The lowest BCUT2D eigenvalue weighted by Gasteiger charge is -2.09. The molecule has 0 aliphatic carbocycles. The van der Waals surface area contributed by atoms with E-state index in [2.05, 4.69) is 17.1 Å². The van der Waals surface area contributed by atoms with Gasteiger partial charge in [-0.2, -0.15) is 5.26 Å². The van der Waals surface area contributed by atoms with E-state index >= 15 is 0 Å². The molecule has 0 saturated heterocycles. The van der Waals surface area contributed by atoms with Gasteiger partial charge in [0.15, 0.2) is 16.7 Å². The fourth-order valence-electron chi connectivity index (χ4n) is 2.60. The number of hydrogen-bond donors (Lipinski definition) is 0. The summed E-state index contributed by atoms with van der Waals surface area (Å²) < 4.78 is 7.41. The second kappa shape index (κ2) is 8.51. The van der Waals surface area contributed by atoms with Crippen LogP contribution in [0.2, 0.25) is 0 Å². The van der Waals surface area contributed by atoms with Crippen LogP contribution in [0.5, 0.6) is 0 Å². The summed E-state index contributed by atoms with van der Waals surface area (Å²) in [6, 6.07) is 9.96. The molecule has 2 heterocycles. The number of rotatable bonds is 8. The van der Waals surface area contributed by atoms with E-state index in [4.69, 9.17) is 9.68 Å². The highest BCUT2D eigenvalue weighted by Crippen LogP contribution is 2.33. The summed E-state index contributed by atoms with van der Waals surface area (Å²) in [5.74, 6) is 1.25. The zero-order valence-electron chi connectivity index (χ0n) is 14.7. The molecule has 0 unspecified atom stereocenters. The maximum atomic E-state index is 11.2. The Kier molecular flexibility index (Phi) is 5.88. The van der Waals surface area contributed by atoms with Gasteiger partial charge in [0.2, 0.25) is 0 Å². The van der Waals surface area contributed by atoms with Crippen molar-refractivity contribution in [3.8, 4) is 17.7 Å². The third-order valence-electron chi connectivity index (χ3n) is 3.94. The second-order valence-electron chi connectivity index (χ2n) is 5.79. The van der Waals surface area contributed by atoms with Crippen molar-refractivity contribution in [1.82, 2.24) is 14.8 Å². The van der Waals surface area contributed by atoms with Gasteiger partial charge in [-0.3, -0.25) is 14.7 Å². The molecule has 27 heavy (non-hydrogen) atoms. The summed E-state index contributed by atoms with van der Waals surface area (Å²) in [6.45, 7) is 2.85. The lowest BCUT2D eigenvalue weighted by molar-refractivity contribution is -0.385. The number of unbranched alkanes of at least 4 members (excludes halogenated alkanes) is 2. The van der Waals surface area contributed by atoms with E-state index in [0.29, 0.717) is 21.6 Å². The minimum Gasteiger partial charge on any atom is -0.461 e. The van der Waals surface area contributed by atoms with Crippen molar-refractivity contribution in [2.24, 2.45) is 0 Å². The Morgan fingerprint density at radius 2 is 2.19 bits per heavy atom. The standard InChI is InChI=1S/C18H17N5O3S/c1-2-3-4-9-22-17(16-6-5-10-26-16)20-21-18(22)27-14-8-7-13(12-19)15(11-14)23(24)25/h5-8,10-11H,2-4,9H2,1H3. The first-order valence-corrected chi connectivity index (χ1v) is 9.29. The van der Waals surface area contributed by atoms with E-state index in [0.717, 1.165) is 25.8 Å². The molecule has 0 amide bonds. The number of nitrogens with zero attached hydrogens (tertiary/aromatic N) is 5. The maximum Gasteiger partial charge on any atom is 0.288 e. The molecule has 0 bridgehead atoms. The molecule has 8 nitrogen and oxygen atoms in total. The van der Waals surface area contributed by atoms with Crippen LogP contribution in [0.3, 0.4) is 0 Å². The highest BCUT2D eigenvalue weighted by molar-refractivity contribution is 7.99. The smallest absolute Gasteiger partial charge is 0.288 e. The van der Waals surface area contributed by atoms with Gasteiger partial charge in [-0.15, -0.1) is 10.2 Å². The van der Waals surface area contributed by atoms with Crippen LogP contribution in [-0.2, 0) is 6.54 Å². The van der Waals surface area contributed by atoms with E-state index < -0.39 is 4.92 Å². The van der Waals surface area contributed by atoms with Crippen molar-refractivity contribution in [3.63, 3.8) is 0 Å². The molecule has 9 heteroatoms. The average molecular weight is 383 g/mol. The monoisotopic (exact) mass is 383 g/mol. The van der Waals surface area contributed by atoms with E-state index in [1.54, 1.807) is 18.4 Å². The van der Waals surface area contributed by atoms with E-state index in [1.165, 1.54) is 23.9 Å². The zero-order chi connectivity index (χ0) is 19.2.